The lowest BCUT2D eigenvalue weighted by Gasteiger charge is -2.12. The van der Waals surface area contributed by atoms with E-state index in [4.69, 9.17) is 0 Å². The van der Waals surface area contributed by atoms with Crippen molar-refractivity contribution in [3.05, 3.63) is 94.8 Å². The average Bonchev–Trinajstić information content (AvgIpc) is 3.47. The number of hydrogen-bond acceptors (Lipinski definition) is 5. The van der Waals surface area contributed by atoms with E-state index in [2.05, 4.69) is 91.3 Å². The monoisotopic (exact) mass is 541 g/mol. The van der Waals surface area contributed by atoms with Gasteiger partial charge in [-0.3, -0.25) is 9.36 Å². The third-order valence-corrected chi connectivity index (χ3v) is 9.68. The number of anilines is 1. The molecule has 0 amide bonds. The van der Waals surface area contributed by atoms with Crippen molar-refractivity contribution in [2.24, 2.45) is 0 Å². The molecule has 1 aliphatic heterocycles. The summed E-state index contributed by atoms with van der Waals surface area (Å²) < 4.78 is 5.99. The van der Waals surface area contributed by atoms with E-state index < -0.39 is 0 Å². The van der Waals surface area contributed by atoms with Crippen LogP contribution >= 0.6 is 34.4 Å². The van der Waals surface area contributed by atoms with Gasteiger partial charge in [-0.1, -0.05) is 47.4 Å². The van der Waals surface area contributed by atoms with Crippen molar-refractivity contribution in [3.63, 3.8) is 0 Å². The summed E-state index contributed by atoms with van der Waals surface area (Å²) in [5, 5.41) is 4.29. The van der Waals surface area contributed by atoms with Crippen LogP contribution in [-0.4, -0.2) is 11.6 Å². The zero-order chi connectivity index (χ0) is 24.0. The summed E-state index contributed by atoms with van der Waals surface area (Å²) in [6.45, 7) is 9.97. The maximum absolute atomic E-state index is 13.5. The van der Waals surface area contributed by atoms with Crippen LogP contribution in [0.15, 0.2) is 57.7 Å². The number of thioether (sulfide) groups is 1. The first-order valence-corrected chi connectivity index (χ1v) is 13.9. The Bertz CT molecular complexity index is 1560. The molecule has 182 valence electrons. The normalized spacial score (nSPS) is 14.9. The van der Waals surface area contributed by atoms with Crippen LogP contribution in [0.3, 0.4) is 0 Å². The lowest BCUT2D eigenvalue weighted by atomic mass is 10.0. The van der Waals surface area contributed by atoms with Gasteiger partial charge in [0.1, 0.15) is 14.2 Å². The van der Waals surface area contributed by atoms with Crippen molar-refractivity contribution in [1.82, 2.24) is 4.57 Å². The van der Waals surface area contributed by atoms with E-state index in [0.29, 0.717) is 6.54 Å². The largest absolute Gasteiger partial charge is 1.00 e. The van der Waals surface area contributed by atoms with Crippen LogP contribution < -0.4 is 36.6 Å². The summed E-state index contributed by atoms with van der Waals surface area (Å²) in [6.07, 6.45) is 4.31. The van der Waals surface area contributed by atoms with Gasteiger partial charge in [0.05, 0.1) is 17.1 Å². The maximum atomic E-state index is 13.5. The molecule has 5 rings (SSSR count). The van der Waals surface area contributed by atoms with Gasteiger partial charge in [0.2, 0.25) is 0 Å². The second kappa shape index (κ2) is 10.3. The number of nitrogens with zero attached hydrogens (tertiary/aromatic N) is 3. The molecule has 2 aromatic heterocycles. The van der Waals surface area contributed by atoms with Crippen molar-refractivity contribution in [1.29, 1.82) is 0 Å². The first-order chi connectivity index (χ1) is 16.4. The molecule has 8 heteroatoms. The highest BCUT2D eigenvalue weighted by Gasteiger charge is 2.25. The lowest BCUT2D eigenvalue weighted by molar-refractivity contribution is -0.685. The Morgan fingerprint density at radius 1 is 1.09 bits per heavy atom. The molecule has 3 heterocycles. The second-order valence-corrected chi connectivity index (χ2v) is 11.6. The summed E-state index contributed by atoms with van der Waals surface area (Å²) in [6, 6.07) is 12.9. The highest BCUT2D eigenvalue weighted by atomic mass is 35.5. The predicted molar refractivity (Wildman–Crippen MR) is 145 cm³/mol. The molecule has 0 spiro atoms. The Labute approximate surface area is 224 Å². The van der Waals surface area contributed by atoms with E-state index in [1.165, 1.54) is 32.8 Å². The molecule has 35 heavy (non-hydrogen) atoms. The van der Waals surface area contributed by atoms with E-state index in [1.54, 1.807) is 34.4 Å². The van der Waals surface area contributed by atoms with E-state index in [9.17, 15) is 4.79 Å². The van der Waals surface area contributed by atoms with Gasteiger partial charge in [0, 0.05) is 24.1 Å². The molecule has 0 fully saturated rings. The van der Waals surface area contributed by atoms with Crippen molar-refractivity contribution in [2.45, 2.75) is 45.7 Å². The van der Waals surface area contributed by atoms with E-state index in [0.717, 1.165) is 25.8 Å². The molecule has 4 nitrogen and oxygen atoms in total. The number of fused-ring (bicyclic) bond motifs is 1. The fraction of sp³-hybridized carbons (Fsp3) is 0.259. The SMILES string of the molecule is CCn1c(=O)/c(=C2\Sc3ccc(C)cc3N2C)s/c1=C\c1scc[n+]1Cc1c(C)cccc1C.[Cl-]. The number of aromatic nitrogens is 2. The third kappa shape index (κ3) is 4.75. The van der Waals surface area contributed by atoms with Gasteiger partial charge in [0.15, 0.2) is 12.7 Å². The number of hydrogen-bond donors (Lipinski definition) is 0. The highest BCUT2D eigenvalue weighted by molar-refractivity contribution is 8.08. The Morgan fingerprint density at radius 2 is 1.83 bits per heavy atom. The minimum absolute atomic E-state index is 0. The first kappa shape index (κ1) is 25.8. The minimum atomic E-state index is 0. The Morgan fingerprint density at radius 3 is 2.54 bits per heavy atom. The van der Waals surface area contributed by atoms with Crippen LogP contribution in [-0.2, 0) is 13.1 Å². The van der Waals surface area contributed by atoms with E-state index >= 15 is 0 Å². The van der Waals surface area contributed by atoms with E-state index in [-0.39, 0.29) is 18.0 Å². The lowest BCUT2D eigenvalue weighted by Crippen LogP contribution is -3.00. The molecular formula is C27H28ClN3OS3. The number of thiazole rings is 2. The molecule has 0 aliphatic carbocycles. The fourth-order valence-corrected chi connectivity index (χ4v) is 7.66. The van der Waals surface area contributed by atoms with Crippen LogP contribution in [0.4, 0.5) is 5.69 Å². The summed E-state index contributed by atoms with van der Waals surface area (Å²) in [5.41, 5.74) is 6.46. The Balaban J connectivity index is 0.00000289. The van der Waals surface area contributed by atoms with Crippen molar-refractivity contribution in [3.8, 4) is 0 Å². The predicted octanol–water partition coefficient (Wildman–Crippen LogP) is 1.39. The molecule has 0 atom stereocenters. The molecule has 0 saturated heterocycles. The molecule has 2 aromatic carbocycles. The van der Waals surface area contributed by atoms with Crippen molar-refractivity contribution >= 4 is 51.2 Å². The summed E-state index contributed by atoms with van der Waals surface area (Å²) >= 11 is 5.00. The zero-order valence-electron chi connectivity index (χ0n) is 20.5. The van der Waals surface area contributed by atoms with Crippen molar-refractivity contribution in [2.75, 3.05) is 11.9 Å². The molecule has 0 saturated carbocycles. The van der Waals surface area contributed by atoms with Crippen molar-refractivity contribution < 1.29 is 17.0 Å². The topological polar surface area (TPSA) is 29.1 Å². The molecular weight excluding hydrogens is 514 g/mol. The molecule has 0 unspecified atom stereocenters. The maximum Gasteiger partial charge on any atom is 0.271 e. The van der Waals surface area contributed by atoms with Crippen LogP contribution in [0.5, 0.6) is 0 Å². The average molecular weight is 542 g/mol. The standard InChI is InChI=1S/C27H28N3OS3.ClH/c1-6-30-24(15-23-29(12-13-32-23)16-20-18(3)8-7-9-19(20)4)34-25(26(30)31)27-28(5)21-14-17(2)10-11-22(21)33-27;/h7-15H,6,16H2,1-5H3;1H/q+1;/p-1/b27-25+;. The fourth-order valence-electron chi connectivity index (χ4n) is 4.36. The zero-order valence-corrected chi connectivity index (χ0v) is 23.7. The summed E-state index contributed by atoms with van der Waals surface area (Å²) in [5.74, 6) is 0. The number of halogens is 1. The molecule has 0 radical (unpaired) electrons. The molecule has 4 aromatic rings. The first-order valence-electron chi connectivity index (χ1n) is 11.4. The summed E-state index contributed by atoms with van der Waals surface area (Å²) in [7, 11) is 2.06. The van der Waals surface area contributed by atoms with Gasteiger partial charge < -0.3 is 17.3 Å². The van der Waals surface area contributed by atoms with Gasteiger partial charge in [-0.05, 0) is 56.5 Å². The molecule has 0 bridgehead atoms. The van der Waals surface area contributed by atoms with Gasteiger partial charge in [-0.2, -0.15) is 4.57 Å². The minimum Gasteiger partial charge on any atom is -1.00 e. The molecule has 0 N–H and O–H groups in total. The second-order valence-electron chi connectivity index (χ2n) is 8.64. The number of benzene rings is 2. The highest BCUT2D eigenvalue weighted by Crippen LogP contribution is 2.45. The van der Waals surface area contributed by atoms with Gasteiger partial charge in [-0.15, -0.1) is 11.3 Å². The quantitative estimate of drug-likeness (QED) is 0.366. The van der Waals surface area contributed by atoms with Crippen LogP contribution in [0.1, 0.15) is 34.2 Å². The summed E-state index contributed by atoms with van der Waals surface area (Å²) in [4.78, 5) is 16.8. The van der Waals surface area contributed by atoms with E-state index in [1.807, 2.05) is 11.5 Å². The van der Waals surface area contributed by atoms with Gasteiger partial charge in [-0.25, -0.2) is 0 Å². The Kier molecular flexibility index (Phi) is 7.62. The number of aryl methyl sites for hydroxylation is 3. The van der Waals surface area contributed by atoms with Gasteiger partial charge in [0.25, 0.3) is 10.6 Å². The third-order valence-electron chi connectivity index (χ3n) is 6.34. The van der Waals surface area contributed by atoms with Gasteiger partial charge >= 0.3 is 0 Å². The van der Waals surface area contributed by atoms with Crippen LogP contribution in [0, 0.1) is 20.8 Å². The Hall–Kier alpha value is -2.32. The van der Waals surface area contributed by atoms with Crippen LogP contribution in [0.2, 0.25) is 0 Å². The molecule has 1 aliphatic rings. The number of rotatable bonds is 4. The van der Waals surface area contributed by atoms with Crippen LogP contribution in [0.25, 0.3) is 11.1 Å². The smallest absolute Gasteiger partial charge is 0.271 e.